The average Bonchev–Trinajstić information content (AvgIpc) is 2.71. The number of methoxy groups -OCH3 is 1. The van der Waals surface area contributed by atoms with E-state index in [9.17, 15) is 0 Å². The molecule has 0 atom stereocenters. The van der Waals surface area contributed by atoms with Crippen molar-refractivity contribution in [2.45, 2.75) is 20.8 Å². The van der Waals surface area contributed by atoms with E-state index in [0.29, 0.717) is 5.88 Å². The van der Waals surface area contributed by atoms with Crippen LogP contribution in [0, 0.1) is 20.8 Å². The van der Waals surface area contributed by atoms with E-state index in [-0.39, 0.29) is 0 Å². The van der Waals surface area contributed by atoms with Crippen molar-refractivity contribution in [3.05, 3.63) is 34.2 Å². The lowest BCUT2D eigenvalue weighted by molar-refractivity contribution is 0.401. The molecule has 2 nitrogen and oxygen atoms in total. The van der Waals surface area contributed by atoms with E-state index in [4.69, 9.17) is 4.74 Å². The molecule has 84 valence electrons. The molecule has 3 heteroatoms. The number of thiazole rings is 1. The molecule has 0 fully saturated rings. The predicted octanol–water partition coefficient (Wildman–Crippen LogP) is 3.74. The van der Waals surface area contributed by atoms with Crippen LogP contribution in [0.2, 0.25) is 0 Å². The molecule has 2 rings (SSSR count). The van der Waals surface area contributed by atoms with E-state index < -0.39 is 0 Å². The first-order valence-electron chi connectivity index (χ1n) is 5.19. The van der Waals surface area contributed by atoms with Gasteiger partial charge in [-0.25, -0.2) is 4.98 Å². The van der Waals surface area contributed by atoms with Gasteiger partial charge in [0.25, 0.3) is 0 Å². The van der Waals surface area contributed by atoms with Crippen molar-refractivity contribution in [3.8, 4) is 16.5 Å². The van der Waals surface area contributed by atoms with Crippen LogP contribution in [0.4, 0.5) is 0 Å². The van der Waals surface area contributed by atoms with Gasteiger partial charge in [0.2, 0.25) is 5.88 Å². The molecule has 0 aliphatic rings. The van der Waals surface area contributed by atoms with Crippen LogP contribution in [-0.2, 0) is 0 Å². The second-order valence-electron chi connectivity index (χ2n) is 3.95. The quantitative estimate of drug-likeness (QED) is 0.788. The van der Waals surface area contributed by atoms with Gasteiger partial charge in [0.1, 0.15) is 5.01 Å². The Labute approximate surface area is 99.9 Å². The Morgan fingerprint density at radius 3 is 2.38 bits per heavy atom. The Morgan fingerprint density at radius 1 is 1.06 bits per heavy atom. The highest BCUT2D eigenvalue weighted by atomic mass is 32.1. The summed E-state index contributed by atoms with van der Waals surface area (Å²) in [4.78, 5) is 4.43. The van der Waals surface area contributed by atoms with Gasteiger partial charge in [-0.3, -0.25) is 0 Å². The van der Waals surface area contributed by atoms with Crippen LogP contribution >= 0.6 is 11.3 Å². The number of aryl methyl sites for hydroxylation is 3. The van der Waals surface area contributed by atoms with Crippen molar-refractivity contribution in [2.24, 2.45) is 0 Å². The predicted molar refractivity (Wildman–Crippen MR) is 68.3 cm³/mol. The van der Waals surface area contributed by atoms with E-state index in [1.165, 1.54) is 22.3 Å². The molecule has 0 amide bonds. The standard InChI is InChI=1S/C13H15NOS/c1-8-5-10(3)11(6-9(8)2)13-14-12(15-4)7-16-13/h5-7H,1-4H3. The van der Waals surface area contributed by atoms with Gasteiger partial charge < -0.3 is 4.74 Å². The zero-order valence-corrected chi connectivity index (χ0v) is 10.8. The zero-order valence-electron chi connectivity index (χ0n) is 10.00. The maximum atomic E-state index is 5.11. The molecule has 0 saturated heterocycles. The highest BCUT2D eigenvalue weighted by Gasteiger charge is 2.09. The number of rotatable bonds is 2. The first kappa shape index (κ1) is 11.1. The normalized spacial score (nSPS) is 10.5. The molecule has 0 radical (unpaired) electrons. The molecule has 0 spiro atoms. The Kier molecular flexibility index (Phi) is 2.97. The molecule has 0 saturated carbocycles. The fourth-order valence-electron chi connectivity index (χ4n) is 1.67. The lowest BCUT2D eigenvalue weighted by Crippen LogP contribution is -1.89. The fraction of sp³-hybridized carbons (Fsp3) is 0.308. The van der Waals surface area contributed by atoms with E-state index in [0.717, 1.165) is 5.01 Å². The molecule has 2 aromatic rings. The molecule has 1 aromatic carbocycles. The van der Waals surface area contributed by atoms with Gasteiger partial charge in [-0.1, -0.05) is 6.07 Å². The molecule has 0 aliphatic heterocycles. The second kappa shape index (κ2) is 4.26. The van der Waals surface area contributed by atoms with Gasteiger partial charge in [0.05, 0.1) is 12.5 Å². The SMILES string of the molecule is COc1csc(-c2cc(C)c(C)cc2C)n1. The number of hydrogen-bond acceptors (Lipinski definition) is 3. The van der Waals surface area contributed by atoms with Gasteiger partial charge in [0, 0.05) is 5.56 Å². The van der Waals surface area contributed by atoms with Crippen LogP contribution in [-0.4, -0.2) is 12.1 Å². The number of hydrogen-bond donors (Lipinski definition) is 0. The third kappa shape index (κ3) is 1.95. The monoisotopic (exact) mass is 233 g/mol. The van der Waals surface area contributed by atoms with Crippen LogP contribution in [0.1, 0.15) is 16.7 Å². The summed E-state index contributed by atoms with van der Waals surface area (Å²) in [5.41, 5.74) is 5.09. The third-order valence-electron chi connectivity index (χ3n) is 2.76. The summed E-state index contributed by atoms with van der Waals surface area (Å²) in [5.74, 6) is 0.692. The van der Waals surface area contributed by atoms with E-state index in [2.05, 4.69) is 37.9 Å². The summed E-state index contributed by atoms with van der Waals surface area (Å²) >= 11 is 1.62. The minimum Gasteiger partial charge on any atom is -0.480 e. The summed E-state index contributed by atoms with van der Waals surface area (Å²) in [5, 5.41) is 2.96. The molecule has 1 heterocycles. The molecule has 1 aromatic heterocycles. The largest absolute Gasteiger partial charge is 0.480 e. The van der Waals surface area contributed by atoms with Crippen LogP contribution in [0.25, 0.3) is 10.6 Å². The summed E-state index contributed by atoms with van der Waals surface area (Å²) in [6.07, 6.45) is 0. The molecule has 0 unspecified atom stereocenters. The molecule has 16 heavy (non-hydrogen) atoms. The van der Waals surface area contributed by atoms with Crippen molar-refractivity contribution in [1.29, 1.82) is 0 Å². The maximum Gasteiger partial charge on any atom is 0.224 e. The van der Waals surface area contributed by atoms with Crippen molar-refractivity contribution in [1.82, 2.24) is 4.98 Å². The summed E-state index contributed by atoms with van der Waals surface area (Å²) < 4.78 is 5.11. The number of nitrogens with zero attached hydrogens (tertiary/aromatic N) is 1. The molecule has 0 aliphatic carbocycles. The smallest absolute Gasteiger partial charge is 0.224 e. The topological polar surface area (TPSA) is 22.1 Å². The van der Waals surface area contributed by atoms with Crippen LogP contribution in [0.5, 0.6) is 5.88 Å². The third-order valence-corrected chi connectivity index (χ3v) is 3.62. The average molecular weight is 233 g/mol. The molecular weight excluding hydrogens is 218 g/mol. The lowest BCUT2D eigenvalue weighted by atomic mass is 10.0. The Balaban J connectivity index is 2.51. The van der Waals surface area contributed by atoms with E-state index in [1.807, 2.05) is 5.38 Å². The Morgan fingerprint density at radius 2 is 1.75 bits per heavy atom. The van der Waals surface area contributed by atoms with E-state index >= 15 is 0 Å². The summed E-state index contributed by atoms with van der Waals surface area (Å²) in [6.45, 7) is 6.38. The Hall–Kier alpha value is -1.35. The van der Waals surface area contributed by atoms with Crippen LogP contribution in [0.3, 0.4) is 0 Å². The van der Waals surface area contributed by atoms with Crippen LogP contribution < -0.4 is 4.74 Å². The maximum absolute atomic E-state index is 5.11. The van der Waals surface area contributed by atoms with Crippen molar-refractivity contribution < 1.29 is 4.74 Å². The first-order valence-corrected chi connectivity index (χ1v) is 6.07. The second-order valence-corrected chi connectivity index (χ2v) is 4.80. The number of benzene rings is 1. The van der Waals surface area contributed by atoms with Gasteiger partial charge in [-0.2, -0.15) is 0 Å². The lowest BCUT2D eigenvalue weighted by Gasteiger charge is -2.07. The van der Waals surface area contributed by atoms with Crippen molar-refractivity contribution >= 4 is 11.3 Å². The van der Waals surface area contributed by atoms with Gasteiger partial charge in [-0.05, 0) is 43.5 Å². The molecule has 0 bridgehead atoms. The van der Waals surface area contributed by atoms with E-state index in [1.54, 1.807) is 18.4 Å². The zero-order chi connectivity index (χ0) is 11.7. The number of aromatic nitrogens is 1. The van der Waals surface area contributed by atoms with Gasteiger partial charge in [0.15, 0.2) is 0 Å². The number of ether oxygens (including phenoxy) is 1. The first-order chi connectivity index (χ1) is 7.61. The van der Waals surface area contributed by atoms with Gasteiger partial charge in [-0.15, -0.1) is 11.3 Å². The highest BCUT2D eigenvalue weighted by Crippen LogP contribution is 2.30. The van der Waals surface area contributed by atoms with Crippen molar-refractivity contribution in [3.63, 3.8) is 0 Å². The molecular formula is C13H15NOS. The fourth-order valence-corrected chi connectivity index (χ4v) is 2.52. The minimum absolute atomic E-state index is 0.692. The van der Waals surface area contributed by atoms with Gasteiger partial charge >= 0.3 is 0 Å². The molecule has 0 N–H and O–H groups in total. The summed E-state index contributed by atoms with van der Waals surface area (Å²) in [7, 11) is 1.64. The Bertz CT molecular complexity index is 517. The minimum atomic E-state index is 0.692. The highest BCUT2D eigenvalue weighted by molar-refractivity contribution is 7.13. The van der Waals surface area contributed by atoms with Crippen LogP contribution in [0.15, 0.2) is 17.5 Å². The van der Waals surface area contributed by atoms with Crippen molar-refractivity contribution in [2.75, 3.05) is 7.11 Å². The summed E-state index contributed by atoms with van der Waals surface area (Å²) in [6, 6.07) is 4.40.